The molecule has 0 aliphatic carbocycles. The lowest BCUT2D eigenvalue weighted by atomic mass is 10.1. The number of nitrogens with one attached hydrogen (secondary N) is 1. The Labute approximate surface area is 118 Å². The van der Waals surface area contributed by atoms with Crippen molar-refractivity contribution in [3.05, 3.63) is 28.3 Å². The van der Waals surface area contributed by atoms with Crippen LogP contribution in [0.1, 0.15) is 27.2 Å². The Bertz CT molecular complexity index is 599. The number of nitro benzene ring substituents is 1. The van der Waals surface area contributed by atoms with Gasteiger partial charge in [-0.1, -0.05) is 13.8 Å². The van der Waals surface area contributed by atoms with Crippen LogP contribution in [0.3, 0.4) is 0 Å². The van der Waals surface area contributed by atoms with E-state index in [0.717, 1.165) is 6.07 Å². The van der Waals surface area contributed by atoms with E-state index in [0.29, 0.717) is 12.3 Å². The minimum absolute atomic E-state index is 0.0656. The van der Waals surface area contributed by atoms with E-state index >= 15 is 0 Å². The van der Waals surface area contributed by atoms with Crippen LogP contribution >= 0.6 is 0 Å². The second kappa shape index (κ2) is 6.19. The second-order valence-corrected chi connectivity index (χ2v) is 6.84. The Morgan fingerprint density at radius 2 is 1.95 bits per heavy atom. The smallest absolute Gasteiger partial charge is 0.293 e. The van der Waals surface area contributed by atoms with Crippen LogP contribution in [0.5, 0.6) is 0 Å². The maximum atomic E-state index is 12.1. The highest BCUT2D eigenvalue weighted by Crippen LogP contribution is 2.25. The Morgan fingerprint density at radius 3 is 2.45 bits per heavy atom. The van der Waals surface area contributed by atoms with Crippen LogP contribution in [0.4, 0.5) is 11.4 Å². The molecule has 112 valence electrons. The lowest BCUT2D eigenvalue weighted by molar-refractivity contribution is -0.384. The van der Waals surface area contributed by atoms with Gasteiger partial charge in [0.15, 0.2) is 0 Å². The molecule has 7 nitrogen and oxygen atoms in total. The van der Waals surface area contributed by atoms with E-state index in [2.05, 4.69) is 4.72 Å². The summed E-state index contributed by atoms with van der Waals surface area (Å²) in [5.74, 6) is 0.341. The predicted octanol–water partition coefficient (Wildman–Crippen LogP) is 1.89. The lowest BCUT2D eigenvalue weighted by Crippen LogP contribution is -2.33. The molecule has 0 bridgehead atoms. The van der Waals surface area contributed by atoms with Gasteiger partial charge in [-0.05, 0) is 31.4 Å². The number of anilines is 1. The van der Waals surface area contributed by atoms with E-state index < -0.39 is 20.6 Å². The number of rotatable bonds is 6. The van der Waals surface area contributed by atoms with Crippen molar-refractivity contribution in [2.24, 2.45) is 5.92 Å². The molecule has 0 radical (unpaired) electrons. The van der Waals surface area contributed by atoms with E-state index in [1.807, 2.05) is 13.8 Å². The number of nitrogen functional groups attached to an aromatic ring is 1. The summed E-state index contributed by atoms with van der Waals surface area (Å²) in [6.07, 6.45) is 0.677. The number of hydrogen-bond donors (Lipinski definition) is 2. The predicted molar refractivity (Wildman–Crippen MR) is 76.7 cm³/mol. The summed E-state index contributed by atoms with van der Waals surface area (Å²) in [7, 11) is -3.79. The molecule has 0 saturated carbocycles. The third kappa shape index (κ3) is 4.17. The van der Waals surface area contributed by atoms with Crippen LogP contribution in [0.15, 0.2) is 23.1 Å². The van der Waals surface area contributed by atoms with Crippen LogP contribution in [0, 0.1) is 16.0 Å². The van der Waals surface area contributed by atoms with Gasteiger partial charge in [-0.15, -0.1) is 0 Å². The Balaban J connectivity index is 3.04. The van der Waals surface area contributed by atoms with E-state index in [1.165, 1.54) is 12.1 Å². The number of benzene rings is 1. The Kier molecular flexibility index (Phi) is 5.07. The number of hydrogen-bond acceptors (Lipinski definition) is 5. The second-order valence-electron chi connectivity index (χ2n) is 5.13. The zero-order valence-corrected chi connectivity index (χ0v) is 12.5. The highest BCUT2D eigenvalue weighted by atomic mass is 32.2. The third-order valence-electron chi connectivity index (χ3n) is 2.69. The molecule has 0 aliphatic rings. The molecule has 3 N–H and O–H groups in total. The Hall–Kier alpha value is -1.67. The van der Waals surface area contributed by atoms with Gasteiger partial charge >= 0.3 is 0 Å². The maximum absolute atomic E-state index is 12.1. The van der Waals surface area contributed by atoms with Crippen molar-refractivity contribution >= 4 is 21.4 Å². The van der Waals surface area contributed by atoms with Crippen molar-refractivity contribution in [1.82, 2.24) is 4.72 Å². The van der Waals surface area contributed by atoms with Gasteiger partial charge in [0.1, 0.15) is 5.69 Å². The molecule has 8 heteroatoms. The normalized spacial score (nSPS) is 13.4. The number of nitrogens with two attached hydrogens (primary N) is 1. The standard InChI is InChI=1S/C12H19N3O4S/c1-8(2)6-9(3)14-20(18,19)10-4-5-11(13)12(7-10)15(16)17/h4-5,7-9,14H,6,13H2,1-3H3. The topological polar surface area (TPSA) is 115 Å². The molecule has 0 spiro atoms. The van der Waals surface area contributed by atoms with Crippen molar-refractivity contribution in [2.75, 3.05) is 5.73 Å². The zero-order chi connectivity index (χ0) is 15.5. The van der Waals surface area contributed by atoms with Crippen molar-refractivity contribution in [2.45, 2.75) is 38.1 Å². The quantitative estimate of drug-likeness (QED) is 0.473. The summed E-state index contributed by atoms with van der Waals surface area (Å²) in [5.41, 5.74) is 4.97. The summed E-state index contributed by atoms with van der Waals surface area (Å²) in [6.45, 7) is 5.72. The van der Waals surface area contributed by atoms with Crippen LogP contribution < -0.4 is 10.5 Å². The van der Waals surface area contributed by atoms with Crippen LogP contribution in [-0.2, 0) is 10.0 Å². The minimum Gasteiger partial charge on any atom is -0.393 e. The molecular formula is C12H19N3O4S. The van der Waals surface area contributed by atoms with E-state index in [4.69, 9.17) is 5.73 Å². The van der Waals surface area contributed by atoms with Gasteiger partial charge in [-0.2, -0.15) is 0 Å². The van der Waals surface area contributed by atoms with Gasteiger partial charge in [-0.25, -0.2) is 13.1 Å². The molecule has 0 fully saturated rings. The SMILES string of the molecule is CC(C)CC(C)NS(=O)(=O)c1ccc(N)c([N+](=O)[O-])c1. The van der Waals surface area contributed by atoms with Crippen molar-refractivity contribution < 1.29 is 13.3 Å². The van der Waals surface area contributed by atoms with Gasteiger partial charge < -0.3 is 5.73 Å². The molecule has 1 aromatic rings. The van der Waals surface area contributed by atoms with Gasteiger partial charge in [0.05, 0.1) is 9.82 Å². The largest absolute Gasteiger partial charge is 0.393 e. The van der Waals surface area contributed by atoms with Gasteiger partial charge in [0.25, 0.3) is 5.69 Å². The molecule has 0 aromatic heterocycles. The fourth-order valence-corrected chi connectivity index (χ4v) is 3.21. The summed E-state index contributed by atoms with van der Waals surface area (Å²) in [5, 5.41) is 10.8. The highest BCUT2D eigenvalue weighted by Gasteiger charge is 2.22. The molecule has 0 aliphatic heterocycles. The zero-order valence-electron chi connectivity index (χ0n) is 11.7. The molecule has 0 amide bonds. The summed E-state index contributed by atoms with van der Waals surface area (Å²) >= 11 is 0. The minimum atomic E-state index is -3.79. The fraction of sp³-hybridized carbons (Fsp3) is 0.500. The summed E-state index contributed by atoms with van der Waals surface area (Å²) in [4.78, 5) is 9.92. The first-order valence-corrected chi connectivity index (χ1v) is 7.68. The van der Waals surface area contributed by atoms with Crippen molar-refractivity contribution in [1.29, 1.82) is 0 Å². The van der Waals surface area contributed by atoms with Crippen molar-refractivity contribution in [3.8, 4) is 0 Å². The lowest BCUT2D eigenvalue weighted by Gasteiger charge is -2.16. The average Bonchev–Trinajstić information content (AvgIpc) is 2.26. The number of sulfonamides is 1. The fourth-order valence-electron chi connectivity index (χ4n) is 1.94. The monoisotopic (exact) mass is 301 g/mol. The van der Waals surface area contributed by atoms with Crippen LogP contribution in [-0.4, -0.2) is 19.4 Å². The van der Waals surface area contributed by atoms with E-state index in [9.17, 15) is 18.5 Å². The van der Waals surface area contributed by atoms with Crippen LogP contribution in [0.2, 0.25) is 0 Å². The molecule has 0 heterocycles. The first-order chi connectivity index (χ1) is 9.13. The first-order valence-electron chi connectivity index (χ1n) is 6.19. The Morgan fingerprint density at radius 1 is 1.35 bits per heavy atom. The number of nitro groups is 1. The molecule has 20 heavy (non-hydrogen) atoms. The van der Waals surface area contributed by atoms with Gasteiger partial charge in [0.2, 0.25) is 10.0 Å². The molecule has 1 atom stereocenters. The van der Waals surface area contributed by atoms with E-state index in [1.54, 1.807) is 6.92 Å². The third-order valence-corrected chi connectivity index (χ3v) is 4.28. The molecule has 1 unspecified atom stereocenters. The molecule has 1 rings (SSSR count). The van der Waals surface area contributed by atoms with E-state index in [-0.39, 0.29) is 16.6 Å². The van der Waals surface area contributed by atoms with Crippen LogP contribution in [0.25, 0.3) is 0 Å². The van der Waals surface area contributed by atoms with Gasteiger partial charge in [0, 0.05) is 12.1 Å². The summed E-state index contributed by atoms with van der Waals surface area (Å²) in [6, 6.07) is 3.20. The number of nitrogens with zero attached hydrogens (tertiary/aromatic N) is 1. The van der Waals surface area contributed by atoms with Crippen molar-refractivity contribution in [3.63, 3.8) is 0 Å². The summed E-state index contributed by atoms with van der Waals surface area (Å²) < 4.78 is 26.8. The molecule has 0 saturated heterocycles. The average molecular weight is 301 g/mol. The first kappa shape index (κ1) is 16.4. The molecular weight excluding hydrogens is 282 g/mol. The maximum Gasteiger partial charge on any atom is 0.293 e. The van der Waals surface area contributed by atoms with Gasteiger partial charge in [-0.3, -0.25) is 10.1 Å². The molecule has 1 aromatic carbocycles. The highest BCUT2D eigenvalue weighted by molar-refractivity contribution is 7.89.